The third kappa shape index (κ3) is 1.01. The van der Waals surface area contributed by atoms with Crippen LogP contribution in [0.4, 0.5) is 8.78 Å². The van der Waals surface area contributed by atoms with E-state index in [0.29, 0.717) is 12.8 Å². The fraction of sp³-hybridized carbons (Fsp3) is 1.00. The monoisotopic (exact) mass is 226 g/mol. The highest BCUT2D eigenvalue weighted by Gasteiger charge is 2.86. The summed E-state index contributed by atoms with van der Waals surface area (Å²) in [4.78, 5) is 0. The van der Waals surface area contributed by atoms with Gasteiger partial charge in [-0.05, 0) is 12.8 Å². The minimum absolute atomic E-state index is 0.364. The van der Waals surface area contributed by atoms with Crippen LogP contribution in [0.2, 0.25) is 0 Å². The molecule has 0 unspecified atom stereocenters. The third-order valence-electron chi connectivity index (χ3n) is 3.43. The molecule has 0 radical (unpaired) electrons. The average molecular weight is 226 g/mol. The molecule has 2 bridgehead atoms. The van der Waals surface area contributed by atoms with Crippen LogP contribution in [0.25, 0.3) is 0 Å². The van der Waals surface area contributed by atoms with Gasteiger partial charge in [0.2, 0.25) is 0 Å². The molecule has 0 N–H and O–H groups in total. The lowest BCUT2D eigenvalue weighted by Gasteiger charge is -2.74. The summed E-state index contributed by atoms with van der Waals surface area (Å²) in [5.41, 5.74) is -2.11. The fourth-order valence-corrected chi connectivity index (χ4v) is 3.16. The molecule has 3 rings (SSSR count). The maximum Gasteiger partial charge on any atom is 0.264 e. The van der Waals surface area contributed by atoms with Crippen molar-refractivity contribution in [2.24, 2.45) is 10.8 Å². The van der Waals surface area contributed by atoms with Crippen LogP contribution < -0.4 is 0 Å². The van der Waals surface area contributed by atoms with Crippen LogP contribution in [-0.4, -0.2) is 27.2 Å². The highest BCUT2D eigenvalue weighted by atomic mass is 32.2. The fourth-order valence-electron chi connectivity index (χ4n) is 2.73. The number of halogens is 2. The van der Waals surface area contributed by atoms with E-state index in [4.69, 9.17) is 0 Å². The van der Waals surface area contributed by atoms with Gasteiger partial charge in [-0.3, -0.25) is 4.18 Å². The first-order valence-electron chi connectivity index (χ1n) is 4.34. The van der Waals surface area contributed by atoms with Crippen LogP contribution in [0.15, 0.2) is 0 Å². The molecular weight excluding hydrogens is 214 g/mol. The van der Waals surface area contributed by atoms with Crippen molar-refractivity contribution in [3.05, 3.63) is 0 Å². The second-order valence-corrected chi connectivity index (χ2v) is 6.38. The summed E-state index contributed by atoms with van der Waals surface area (Å²) in [5, 5.41) is 0. The lowest BCUT2D eigenvalue weighted by molar-refractivity contribution is -0.410. The van der Waals surface area contributed by atoms with Gasteiger partial charge in [0.25, 0.3) is 16.0 Å². The van der Waals surface area contributed by atoms with E-state index in [1.807, 2.05) is 0 Å². The smallest absolute Gasteiger partial charge is 0.264 e. The maximum atomic E-state index is 13.3. The molecule has 3 aliphatic carbocycles. The van der Waals surface area contributed by atoms with Gasteiger partial charge in [-0.25, -0.2) is 8.78 Å². The zero-order valence-electron chi connectivity index (χ0n) is 8.01. The maximum absolute atomic E-state index is 13.3. The Balaban J connectivity index is 2.03. The largest absolute Gasteiger partial charge is 0.269 e. The summed E-state index contributed by atoms with van der Waals surface area (Å²) in [6.45, 7) is 1.14. The molecule has 3 nitrogen and oxygen atoms in total. The van der Waals surface area contributed by atoms with E-state index in [1.165, 1.54) is 6.92 Å². The quantitative estimate of drug-likeness (QED) is 0.683. The normalized spacial score (nSPS) is 44.0. The molecule has 3 saturated carbocycles. The van der Waals surface area contributed by atoms with Crippen molar-refractivity contribution in [3.63, 3.8) is 0 Å². The van der Waals surface area contributed by atoms with E-state index < -0.39 is 26.9 Å². The molecule has 0 aromatic carbocycles. The molecule has 0 aliphatic heterocycles. The molecule has 14 heavy (non-hydrogen) atoms. The molecule has 82 valence electrons. The SMILES string of the molecule is CC12CC(COS(C)(=O)=O)(C1)C2(F)F. The first-order valence-corrected chi connectivity index (χ1v) is 6.16. The molecule has 0 amide bonds. The van der Waals surface area contributed by atoms with E-state index in [0.717, 1.165) is 6.26 Å². The van der Waals surface area contributed by atoms with Gasteiger partial charge in [0.05, 0.1) is 18.3 Å². The van der Waals surface area contributed by atoms with Crippen LogP contribution in [-0.2, 0) is 14.3 Å². The second-order valence-electron chi connectivity index (χ2n) is 4.74. The molecule has 0 heterocycles. The van der Waals surface area contributed by atoms with Gasteiger partial charge in [-0.15, -0.1) is 0 Å². The Labute approximate surface area is 81.6 Å². The van der Waals surface area contributed by atoms with E-state index in [1.54, 1.807) is 0 Å². The Morgan fingerprint density at radius 3 is 2.14 bits per heavy atom. The predicted molar refractivity (Wildman–Crippen MR) is 45.5 cm³/mol. The van der Waals surface area contributed by atoms with Crippen molar-refractivity contribution in [1.29, 1.82) is 0 Å². The van der Waals surface area contributed by atoms with Crippen LogP contribution in [0.3, 0.4) is 0 Å². The molecule has 0 spiro atoms. The summed E-state index contributed by atoms with van der Waals surface area (Å²) >= 11 is 0. The summed E-state index contributed by atoms with van der Waals surface area (Å²) in [6, 6.07) is 0. The number of hydrogen-bond acceptors (Lipinski definition) is 3. The third-order valence-corrected chi connectivity index (χ3v) is 3.98. The van der Waals surface area contributed by atoms with E-state index in [-0.39, 0.29) is 6.61 Å². The topological polar surface area (TPSA) is 43.4 Å². The van der Waals surface area contributed by atoms with Crippen LogP contribution in [0.1, 0.15) is 19.8 Å². The molecule has 3 aliphatic rings. The minimum Gasteiger partial charge on any atom is -0.269 e. The Morgan fingerprint density at radius 1 is 1.36 bits per heavy atom. The van der Waals surface area contributed by atoms with Crippen molar-refractivity contribution < 1.29 is 21.4 Å². The van der Waals surface area contributed by atoms with E-state index >= 15 is 0 Å². The summed E-state index contributed by atoms with van der Waals surface area (Å²) < 4.78 is 52.4. The minimum atomic E-state index is -3.61. The van der Waals surface area contributed by atoms with Crippen molar-refractivity contribution in [1.82, 2.24) is 0 Å². The zero-order valence-corrected chi connectivity index (χ0v) is 8.83. The van der Waals surface area contributed by atoms with Gasteiger partial charge < -0.3 is 0 Å². The molecule has 0 aromatic heterocycles. The number of hydrogen-bond donors (Lipinski definition) is 0. The van der Waals surface area contributed by atoms with Gasteiger partial charge in [0.1, 0.15) is 0 Å². The molecule has 0 aromatic rings. The van der Waals surface area contributed by atoms with Gasteiger partial charge in [-0.2, -0.15) is 8.42 Å². The van der Waals surface area contributed by atoms with Gasteiger partial charge in [0, 0.05) is 5.41 Å². The van der Waals surface area contributed by atoms with Gasteiger partial charge in [-0.1, -0.05) is 6.92 Å². The molecule has 0 saturated heterocycles. The van der Waals surface area contributed by atoms with E-state index in [2.05, 4.69) is 4.18 Å². The number of alkyl halides is 2. The lowest BCUT2D eigenvalue weighted by atomic mass is 9.33. The highest BCUT2D eigenvalue weighted by molar-refractivity contribution is 7.85. The Morgan fingerprint density at radius 2 is 1.86 bits per heavy atom. The lowest BCUT2D eigenvalue weighted by Crippen LogP contribution is -2.79. The Kier molecular flexibility index (Phi) is 1.69. The first-order chi connectivity index (χ1) is 6.12. The zero-order chi connectivity index (χ0) is 10.8. The number of rotatable bonds is 3. The summed E-state index contributed by atoms with van der Waals surface area (Å²) in [6.07, 6.45) is 1.60. The Hall–Kier alpha value is -0.230. The predicted octanol–water partition coefficient (Wildman–Crippen LogP) is 1.40. The van der Waals surface area contributed by atoms with Crippen molar-refractivity contribution in [3.8, 4) is 0 Å². The van der Waals surface area contributed by atoms with Crippen LogP contribution in [0, 0.1) is 10.8 Å². The highest BCUT2D eigenvalue weighted by Crippen LogP contribution is 2.81. The standard InChI is InChI=1S/C8H12F2O3S/c1-6-3-7(4-6,8(6,9)10)5-13-14(2,11)12/h3-5H2,1-2H3. The molecule has 6 heteroatoms. The van der Waals surface area contributed by atoms with Crippen LogP contribution in [0.5, 0.6) is 0 Å². The Bertz CT molecular complexity index is 368. The second kappa shape index (κ2) is 2.29. The molecule has 3 fully saturated rings. The van der Waals surface area contributed by atoms with Gasteiger partial charge >= 0.3 is 0 Å². The van der Waals surface area contributed by atoms with Crippen LogP contribution >= 0.6 is 0 Å². The van der Waals surface area contributed by atoms with Crippen molar-refractivity contribution in [2.75, 3.05) is 12.9 Å². The van der Waals surface area contributed by atoms with Gasteiger partial charge in [0.15, 0.2) is 0 Å². The van der Waals surface area contributed by atoms with E-state index in [9.17, 15) is 17.2 Å². The summed E-state index contributed by atoms with van der Waals surface area (Å²) in [5.74, 6) is -2.76. The van der Waals surface area contributed by atoms with Crippen molar-refractivity contribution >= 4 is 10.1 Å². The van der Waals surface area contributed by atoms with Crippen molar-refractivity contribution in [2.45, 2.75) is 25.7 Å². The molecule has 0 atom stereocenters. The molecular formula is C8H12F2O3S. The average Bonchev–Trinajstić information content (AvgIpc) is 1.95. The summed E-state index contributed by atoms with van der Waals surface area (Å²) in [7, 11) is -3.61. The first kappa shape index (κ1) is 10.3.